The summed E-state index contributed by atoms with van der Waals surface area (Å²) in [7, 11) is 0. The summed E-state index contributed by atoms with van der Waals surface area (Å²) in [6.45, 7) is 3.79. The zero-order valence-corrected chi connectivity index (χ0v) is 11.7. The van der Waals surface area contributed by atoms with Crippen molar-refractivity contribution in [1.82, 2.24) is 9.97 Å². The van der Waals surface area contributed by atoms with Gasteiger partial charge in [-0.15, -0.1) is 0 Å². The lowest BCUT2D eigenvalue weighted by molar-refractivity contribution is 0.102. The molecule has 5 heteroatoms. The zero-order valence-electron chi connectivity index (χ0n) is 10.1. The third kappa shape index (κ3) is 2.92. The highest BCUT2D eigenvalue weighted by atomic mass is 79.9. The summed E-state index contributed by atoms with van der Waals surface area (Å²) in [6.07, 6.45) is 4.90. The minimum absolute atomic E-state index is 0.205. The SMILES string of the molecule is Cc1cncc(C(=O)Nc2ncc(Br)cc2C)c1. The summed E-state index contributed by atoms with van der Waals surface area (Å²) in [6, 6.07) is 3.69. The minimum Gasteiger partial charge on any atom is -0.306 e. The van der Waals surface area contributed by atoms with Gasteiger partial charge in [-0.05, 0) is 53.0 Å². The van der Waals surface area contributed by atoms with E-state index in [1.165, 1.54) is 6.20 Å². The molecule has 1 N–H and O–H groups in total. The Morgan fingerprint density at radius 1 is 1.22 bits per heavy atom. The van der Waals surface area contributed by atoms with Crippen LogP contribution in [0.15, 0.2) is 35.2 Å². The fraction of sp³-hybridized carbons (Fsp3) is 0.154. The van der Waals surface area contributed by atoms with Crippen LogP contribution in [0.1, 0.15) is 21.5 Å². The van der Waals surface area contributed by atoms with E-state index in [0.717, 1.165) is 15.6 Å². The van der Waals surface area contributed by atoms with Crippen molar-refractivity contribution in [2.24, 2.45) is 0 Å². The molecule has 2 rings (SSSR count). The lowest BCUT2D eigenvalue weighted by Crippen LogP contribution is -2.14. The molecule has 0 aliphatic heterocycles. The summed E-state index contributed by atoms with van der Waals surface area (Å²) in [5.74, 6) is 0.355. The van der Waals surface area contributed by atoms with E-state index in [0.29, 0.717) is 11.4 Å². The largest absolute Gasteiger partial charge is 0.306 e. The lowest BCUT2D eigenvalue weighted by atomic mass is 10.2. The molecule has 4 nitrogen and oxygen atoms in total. The van der Waals surface area contributed by atoms with E-state index in [9.17, 15) is 4.79 Å². The monoisotopic (exact) mass is 305 g/mol. The average molecular weight is 306 g/mol. The van der Waals surface area contributed by atoms with Crippen molar-refractivity contribution in [2.75, 3.05) is 5.32 Å². The topological polar surface area (TPSA) is 54.9 Å². The van der Waals surface area contributed by atoms with Crippen molar-refractivity contribution in [3.8, 4) is 0 Å². The third-order valence-electron chi connectivity index (χ3n) is 2.41. The van der Waals surface area contributed by atoms with Gasteiger partial charge in [0.2, 0.25) is 0 Å². The first-order valence-electron chi connectivity index (χ1n) is 5.41. The Morgan fingerprint density at radius 2 is 2.00 bits per heavy atom. The van der Waals surface area contributed by atoms with E-state index in [4.69, 9.17) is 0 Å². The molecule has 0 spiro atoms. The van der Waals surface area contributed by atoms with Crippen LogP contribution in [0, 0.1) is 13.8 Å². The second-order valence-electron chi connectivity index (χ2n) is 4.02. The van der Waals surface area contributed by atoms with E-state index in [-0.39, 0.29) is 5.91 Å². The molecule has 0 saturated carbocycles. The van der Waals surface area contributed by atoms with Crippen LogP contribution in [0.25, 0.3) is 0 Å². The van der Waals surface area contributed by atoms with Crippen LogP contribution in [0.5, 0.6) is 0 Å². The highest BCUT2D eigenvalue weighted by Gasteiger charge is 2.09. The normalized spacial score (nSPS) is 10.2. The molecule has 0 bridgehead atoms. The van der Waals surface area contributed by atoms with Crippen LogP contribution in [0.2, 0.25) is 0 Å². The highest BCUT2D eigenvalue weighted by molar-refractivity contribution is 9.10. The molecule has 0 unspecified atom stereocenters. The average Bonchev–Trinajstić information content (AvgIpc) is 2.32. The van der Waals surface area contributed by atoms with Crippen molar-refractivity contribution < 1.29 is 4.79 Å². The van der Waals surface area contributed by atoms with Crippen LogP contribution < -0.4 is 5.32 Å². The molecule has 0 aliphatic rings. The van der Waals surface area contributed by atoms with E-state index >= 15 is 0 Å². The number of carbonyl (C=O) groups excluding carboxylic acids is 1. The van der Waals surface area contributed by atoms with Gasteiger partial charge in [0, 0.05) is 23.1 Å². The number of halogens is 1. The Bertz CT molecular complexity index is 599. The maximum Gasteiger partial charge on any atom is 0.258 e. The third-order valence-corrected chi connectivity index (χ3v) is 2.85. The van der Waals surface area contributed by atoms with Gasteiger partial charge in [0.15, 0.2) is 0 Å². The van der Waals surface area contributed by atoms with E-state index < -0.39 is 0 Å². The van der Waals surface area contributed by atoms with Gasteiger partial charge in [-0.25, -0.2) is 4.98 Å². The van der Waals surface area contributed by atoms with Crippen molar-refractivity contribution in [3.63, 3.8) is 0 Å². The summed E-state index contributed by atoms with van der Waals surface area (Å²) in [5, 5.41) is 2.77. The predicted molar refractivity (Wildman–Crippen MR) is 73.6 cm³/mol. The van der Waals surface area contributed by atoms with E-state index in [1.54, 1.807) is 18.5 Å². The maximum atomic E-state index is 12.0. The number of aromatic nitrogens is 2. The highest BCUT2D eigenvalue weighted by Crippen LogP contribution is 2.17. The van der Waals surface area contributed by atoms with Gasteiger partial charge in [0.05, 0.1) is 5.56 Å². The summed E-state index contributed by atoms with van der Waals surface area (Å²) in [4.78, 5) is 20.2. The molecule has 2 aromatic heterocycles. The number of aryl methyl sites for hydroxylation is 2. The number of nitrogens with one attached hydrogen (secondary N) is 1. The van der Waals surface area contributed by atoms with Crippen LogP contribution in [0.4, 0.5) is 5.82 Å². The number of anilines is 1. The Labute approximate surface area is 114 Å². The second kappa shape index (κ2) is 5.27. The van der Waals surface area contributed by atoms with Crippen molar-refractivity contribution in [1.29, 1.82) is 0 Å². The van der Waals surface area contributed by atoms with Gasteiger partial charge in [0.25, 0.3) is 5.91 Å². The maximum absolute atomic E-state index is 12.0. The van der Waals surface area contributed by atoms with Crippen LogP contribution in [-0.4, -0.2) is 15.9 Å². The molecule has 0 radical (unpaired) electrons. The molecule has 0 saturated heterocycles. The standard InChI is InChI=1S/C13H12BrN3O/c1-8-3-10(6-15-5-8)13(18)17-12-9(2)4-11(14)7-16-12/h3-7H,1-2H3,(H,16,17,18). The smallest absolute Gasteiger partial charge is 0.258 e. The number of rotatable bonds is 2. The number of carbonyl (C=O) groups is 1. The molecular formula is C13H12BrN3O. The van der Waals surface area contributed by atoms with Crippen LogP contribution in [0.3, 0.4) is 0 Å². The quantitative estimate of drug-likeness (QED) is 0.927. The fourth-order valence-corrected chi connectivity index (χ4v) is 1.98. The Hall–Kier alpha value is -1.75. The first-order chi connectivity index (χ1) is 8.56. The van der Waals surface area contributed by atoms with Gasteiger partial charge >= 0.3 is 0 Å². The molecule has 0 aliphatic carbocycles. The number of hydrogen-bond acceptors (Lipinski definition) is 3. The van der Waals surface area contributed by atoms with Gasteiger partial charge < -0.3 is 5.32 Å². The van der Waals surface area contributed by atoms with E-state index in [1.807, 2.05) is 19.9 Å². The zero-order chi connectivity index (χ0) is 13.1. The number of hydrogen-bond donors (Lipinski definition) is 1. The summed E-state index contributed by atoms with van der Waals surface area (Å²) < 4.78 is 0.884. The number of nitrogens with zero attached hydrogens (tertiary/aromatic N) is 2. The lowest BCUT2D eigenvalue weighted by Gasteiger charge is -2.07. The predicted octanol–water partition coefficient (Wildman–Crippen LogP) is 3.11. The Kier molecular flexibility index (Phi) is 3.72. The molecule has 0 atom stereocenters. The molecule has 18 heavy (non-hydrogen) atoms. The van der Waals surface area contributed by atoms with E-state index in [2.05, 4.69) is 31.2 Å². The molecule has 2 aromatic rings. The Morgan fingerprint density at radius 3 is 2.67 bits per heavy atom. The van der Waals surface area contributed by atoms with Gasteiger partial charge in [-0.1, -0.05) is 0 Å². The first kappa shape index (κ1) is 12.7. The summed E-state index contributed by atoms with van der Waals surface area (Å²) >= 11 is 3.33. The summed E-state index contributed by atoms with van der Waals surface area (Å²) in [5.41, 5.74) is 2.38. The first-order valence-corrected chi connectivity index (χ1v) is 6.21. The fourth-order valence-electron chi connectivity index (χ4n) is 1.53. The molecule has 0 aromatic carbocycles. The number of pyridine rings is 2. The molecule has 1 amide bonds. The molecule has 2 heterocycles. The molecule has 92 valence electrons. The second-order valence-corrected chi connectivity index (χ2v) is 4.94. The van der Waals surface area contributed by atoms with Gasteiger partial charge in [-0.3, -0.25) is 9.78 Å². The van der Waals surface area contributed by atoms with Gasteiger partial charge in [0.1, 0.15) is 5.82 Å². The molecular weight excluding hydrogens is 294 g/mol. The van der Waals surface area contributed by atoms with Crippen molar-refractivity contribution in [2.45, 2.75) is 13.8 Å². The minimum atomic E-state index is -0.205. The van der Waals surface area contributed by atoms with Gasteiger partial charge in [-0.2, -0.15) is 0 Å². The Balaban J connectivity index is 2.21. The van der Waals surface area contributed by atoms with Crippen molar-refractivity contribution >= 4 is 27.7 Å². The number of amides is 1. The van der Waals surface area contributed by atoms with Crippen LogP contribution in [-0.2, 0) is 0 Å². The van der Waals surface area contributed by atoms with Crippen LogP contribution >= 0.6 is 15.9 Å². The molecule has 0 fully saturated rings. The van der Waals surface area contributed by atoms with Crippen molar-refractivity contribution in [3.05, 3.63) is 51.9 Å².